The van der Waals surface area contributed by atoms with Gasteiger partial charge in [-0.15, -0.1) is 0 Å². The van der Waals surface area contributed by atoms with Gasteiger partial charge in [0, 0.05) is 12.3 Å². The summed E-state index contributed by atoms with van der Waals surface area (Å²) in [5.74, 6) is 0.143. The average molecular weight is 241 g/mol. The minimum absolute atomic E-state index is 0.111. The maximum absolute atomic E-state index is 11.3. The van der Waals surface area contributed by atoms with Crippen molar-refractivity contribution in [1.29, 1.82) is 0 Å². The molecule has 0 saturated heterocycles. The molecule has 0 spiro atoms. The summed E-state index contributed by atoms with van der Waals surface area (Å²) in [6.45, 7) is 4.75. The van der Waals surface area contributed by atoms with E-state index in [-0.39, 0.29) is 11.8 Å². The van der Waals surface area contributed by atoms with E-state index < -0.39 is 9.84 Å². The molecule has 0 aliphatic rings. The van der Waals surface area contributed by atoms with Gasteiger partial charge in [0.2, 0.25) is 0 Å². The summed E-state index contributed by atoms with van der Waals surface area (Å²) in [6.07, 6.45) is 1.27. The van der Waals surface area contributed by atoms with Crippen LogP contribution in [0.15, 0.2) is 24.3 Å². The topological polar surface area (TPSA) is 46.2 Å². The number of benzene rings is 1. The normalized spacial score (nSPS) is 13.7. The molecule has 1 unspecified atom stereocenters. The Kier molecular flexibility index (Phi) is 4.50. The van der Waals surface area contributed by atoms with Crippen molar-refractivity contribution < 1.29 is 8.42 Å². The molecule has 0 aromatic heterocycles. The maximum Gasteiger partial charge on any atom is 0.149 e. The summed E-state index contributed by atoms with van der Waals surface area (Å²) < 4.78 is 22.6. The lowest BCUT2D eigenvalue weighted by Crippen LogP contribution is -2.27. The Bertz CT molecular complexity index is 423. The fraction of sp³-hybridized carbons (Fsp3) is 0.500. The van der Waals surface area contributed by atoms with Gasteiger partial charge in [0.1, 0.15) is 9.84 Å². The van der Waals surface area contributed by atoms with E-state index in [1.54, 1.807) is 0 Å². The lowest BCUT2D eigenvalue weighted by Gasteiger charge is -2.17. The average Bonchev–Trinajstić information content (AvgIpc) is 2.16. The Hall–Kier alpha value is -0.870. The molecule has 1 aromatic rings. The predicted molar refractivity (Wildman–Crippen MR) is 67.3 cm³/mol. The lowest BCUT2D eigenvalue weighted by molar-refractivity contribution is 0.563. The van der Waals surface area contributed by atoms with E-state index in [0.717, 1.165) is 12.1 Å². The van der Waals surface area contributed by atoms with Crippen molar-refractivity contribution >= 4 is 9.84 Å². The molecule has 0 amide bonds. The molecule has 0 aliphatic carbocycles. The molecule has 3 nitrogen and oxygen atoms in total. The summed E-state index contributed by atoms with van der Waals surface area (Å²) in [4.78, 5) is 0. The first-order valence-electron chi connectivity index (χ1n) is 5.40. The Morgan fingerprint density at radius 2 is 1.81 bits per heavy atom. The third kappa shape index (κ3) is 4.33. The number of rotatable bonds is 5. The van der Waals surface area contributed by atoms with E-state index >= 15 is 0 Å². The molecule has 1 N–H and O–H groups in total. The minimum atomic E-state index is -2.97. The van der Waals surface area contributed by atoms with Crippen molar-refractivity contribution in [2.75, 3.05) is 18.6 Å². The fourth-order valence-corrected chi connectivity index (χ4v) is 2.54. The third-order valence-electron chi connectivity index (χ3n) is 2.40. The van der Waals surface area contributed by atoms with Gasteiger partial charge in [0.25, 0.3) is 0 Å². The van der Waals surface area contributed by atoms with Crippen LogP contribution < -0.4 is 5.32 Å². The predicted octanol–water partition coefficient (Wildman–Crippen LogP) is 1.69. The van der Waals surface area contributed by atoms with E-state index in [1.165, 1.54) is 11.8 Å². The summed E-state index contributed by atoms with van der Waals surface area (Å²) in [5.41, 5.74) is 2.20. The molecular formula is C12H19NO2S. The number of hydrogen-bond donors (Lipinski definition) is 1. The van der Waals surface area contributed by atoms with Crippen molar-refractivity contribution in [2.24, 2.45) is 0 Å². The largest absolute Gasteiger partial charge is 0.309 e. The Balaban J connectivity index is 2.89. The Morgan fingerprint density at radius 3 is 2.25 bits per heavy atom. The van der Waals surface area contributed by atoms with Gasteiger partial charge in [-0.3, -0.25) is 0 Å². The van der Waals surface area contributed by atoms with Crippen molar-refractivity contribution in [3.63, 3.8) is 0 Å². The molecule has 90 valence electrons. The van der Waals surface area contributed by atoms with E-state index in [0.29, 0.717) is 0 Å². The quantitative estimate of drug-likeness (QED) is 0.853. The molecular weight excluding hydrogens is 222 g/mol. The molecule has 1 aromatic carbocycles. The summed E-state index contributed by atoms with van der Waals surface area (Å²) in [5, 5.41) is 3.20. The van der Waals surface area contributed by atoms with Crippen LogP contribution in [0.5, 0.6) is 0 Å². The second kappa shape index (κ2) is 5.46. The second-order valence-electron chi connectivity index (χ2n) is 4.11. The van der Waals surface area contributed by atoms with Gasteiger partial charge >= 0.3 is 0 Å². The zero-order valence-electron chi connectivity index (χ0n) is 10.0. The first-order valence-corrected chi connectivity index (χ1v) is 7.46. The fourth-order valence-electron chi connectivity index (χ4n) is 1.62. The minimum Gasteiger partial charge on any atom is -0.309 e. The van der Waals surface area contributed by atoms with Crippen LogP contribution in [0, 0.1) is 6.92 Å². The number of nitrogens with one attached hydrogen (secondary N) is 1. The van der Waals surface area contributed by atoms with Crippen LogP contribution >= 0.6 is 0 Å². The molecule has 0 aliphatic heterocycles. The molecule has 1 rings (SSSR count). The Labute approximate surface area is 97.8 Å². The zero-order chi connectivity index (χ0) is 12.2. The summed E-state index contributed by atoms with van der Waals surface area (Å²) in [7, 11) is -2.97. The number of sulfone groups is 1. The molecule has 0 radical (unpaired) electrons. The highest BCUT2D eigenvalue weighted by Crippen LogP contribution is 2.15. The monoisotopic (exact) mass is 241 g/mol. The first-order chi connectivity index (χ1) is 7.42. The van der Waals surface area contributed by atoms with Crippen LogP contribution in [0.3, 0.4) is 0 Å². The zero-order valence-corrected chi connectivity index (χ0v) is 10.8. The maximum atomic E-state index is 11.3. The smallest absolute Gasteiger partial charge is 0.149 e. The van der Waals surface area contributed by atoms with Crippen LogP contribution in [-0.2, 0) is 9.84 Å². The van der Waals surface area contributed by atoms with E-state index in [4.69, 9.17) is 0 Å². The number of aryl methyl sites for hydroxylation is 1. The van der Waals surface area contributed by atoms with Crippen LogP contribution in [0.4, 0.5) is 0 Å². The highest BCUT2D eigenvalue weighted by Gasteiger charge is 2.15. The highest BCUT2D eigenvalue weighted by atomic mass is 32.2. The standard InChI is InChI=1S/C12H19NO2S/c1-4-13-12(9-16(3,14)15)11-7-5-10(2)6-8-11/h5-8,12-13H,4,9H2,1-3H3. The second-order valence-corrected chi connectivity index (χ2v) is 6.30. The SMILES string of the molecule is CCNC(CS(C)(=O)=O)c1ccc(C)cc1. The summed E-state index contributed by atoms with van der Waals surface area (Å²) in [6, 6.07) is 7.85. The van der Waals surface area contributed by atoms with Gasteiger partial charge in [0.05, 0.1) is 5.75 Å². The van der Waals surface area contributed by atoms with Gasteiger partial charge in [-0.25, -0.2) is 8.42 Å². The van der Waals surface area contributed by atoms with Crippen molar-refractivity contribution in [2.45, 2.75) is 19.9 Å². The van der Waals surface area contributed by atoms with Crippen molar-refractivity contribution in [3.05, 3.63) is 35.4 Å². The van der Waals surface area contributed by atoms with Crippen LogP contribution in [-0.4, -0.2) is 27.0 Å². The highest BCUT2D eigenvalue weighted by molar-refractivity contribution is 7.90. The molecule has 0 saturated carbocycles. The van der Waals surface area contributed by atoms with Crippen molar-refractivity contribution in [3.8, 4) is 0 Å². The molecule has 0 fully saturated rings. The summed E-state index contributed by atoms with van der Waals surface area (Å²) >= 11 is 0. The number of hydrogen-bond acceptors (Lipinski definition) is 3. The van der Waals surface area contributed by atoms with Crippen molar-refractivity contribution in [1.82, 2.24) is 5.32 Å². The van der Waals surface area contributed by atoms with Crippen LogP contribution in [0.2, 0.25) is 0 Å². The van der Waals surface area contributed by atoms with E-state index in [9.17, 15) is 8.42 Å². The van der Waals surface area contributed by atoms with Crippen LogP contribution in [0.25, 0.3) is 0 Å². The molecule has 4 heteroatoms. The van der Waals surface area contributed by atoms with Gasteiger partial charge < -0.3 is 5.32 Å². The lowest BCUT2D eigenvalue weighted by atomic mass is 10.1. The first kappa shape index (κ1) is 13.2. The van der Waals surface area contributed by atoms with E-state index in [2.05, 4.69) is 5.32 Å². The third-order valence-corrected chi connectivity index (χ3v) is 3.34. The van der Waals surface area contributed by atoms with Gasteiger partial charge in [-0.05, 0) is 19.0 Å². The van der Waals surface area contributed by atoms with Gasteiger partial charge in [-0.2, -0.15) is 0 Å². The molecule has 0 bridgehead atoms. The molecule has 0 heterocycles. The van der Waals surface area contributed by atoms with E-state index in [1.807, 2.05) is 38.1 Å². The Morgan fingerprint density at radius 1 is 1.25 bits per heavy atom. The van der Waals surface area contributed by atoms with Crippen LogP contribution in [0.1, 0.15) is 24.1 Å². The molecule has 1 atom stereocenters. The van der Waals surface area contributed by atoms with Gasteiger partial charge in [-0.1, -0.05) is 36.8 Å². The molecule has 16 heavy (non-hydrogen) atoms. The van der Waals surface area contributed by atoms with Gasteiger partial charge in [0.15, 0.2) is 0 Å².